The van der Waals surface area contributed by atoms with Crippen molar-refractivity contribution in [1.29, 1.82) is 0 Å². The first-order valence-corrected chi connectivity index (χ1v) is 8.30. The molecule has 1 aromatic carbocycles. The molecule has 7 nitrogen and oxygen atoms in total. The molecule has 22 heavy (non-hydrogen) atoms. The van der Waals surface area contributed by atoms with Crippen LogP contribution < -0.4 is 16.8 Å². The molecule has 0 saturated heterocycles. The van der Waals surface area contributed by atoms with Gasteiger partial charge in [0.05, 0.1) is 6.04 Å². The van der Waals surface area contributed by atoms with Crippen LogP contribution in [0.15, 0.2) is 23.1 Å². The van der Waals surface area contributed by atoms with Crippen LogP contribution >= 0.6 is 0 Å². The summed E-state index contributed by atoms with van der Waals surface area (Å²) in [5, 5.41) is 2.48. The van der Waals surface area contributed by atoms with Crippen molar-refractivity contribution >= 4 is 21.7 Å². The topological polar surface area (TPSA) is 132 Å². The van der Waals surface area contributed by atoms with E-state index in [9.17, 15) is 22.4 Å². The molecule has 0 saturated carbocycles. The van der Waals surface area contributed by atoms with Crippen molar-refractivity contribution < 1.29 is 22.4 Å². The third-order valence-corrected chi connectivity index (χ3v) is 4.03. The van der Waals surface area contributed by atoms with Gasteiger partial charge in [0.2, 0.25) is 11.8 Å². The van der Waals surface area contributed by atoms with Gasteiger partial charge in [-0.05, 0) is 24.1 Å². The Morgan fingerprint density at radius 2 is 2.00 bits per heavy atom. The number of amides is 2. The van der Waals surface area contributed by atoms with Gasteiger partial charge >= 0.3 is 0 Å². The number of hydrogen-bond donors (Lipinski definition) is 3. The number of sulfone groups is 1. The molecule has 0 aliphatic carbocycles. The fraction of sp³-hybridized carbons (Fsp3) is 0.385. The Morgan fingerprint density at radius 3 is 2.50 bits per heavy atom. The van der Waals surface area contributed by atoms with Crippen molar-refractivity contribution in [2.75, 3.05) is 6.26 Å². The maximum atomic E-state index is 13.7. The van der Waals surface area contributed by atoms with Crippen LogP contribution in [0.5, 0.6) is 0 Å². The number of rotatable bonds is 7. The number of carbonyl (C=O) groups excluding carboxylic acids is 2. The molecule has 2 amide bonds. The normalized spacial score (nSPS) is 12.7. The lowest BCUT2D eigenvalue weighted by atomic mass is 10.1. The van der Waals surface area contributed by atoms with E-state index in [4.69, 9.17) is 11.5 Å². The minimum Gasteiger partial charge on any atom is -0.370 e. The van der Waals surface area contributed by atoms with Gasteiger partial charge in [-0.15, -0.1) is 0 Å². The number of carbonyl (C=O) groups is 2. The second-order valence-electron chi connectivity index (χ2n) is 4.87. The predicted octanol–water partition coefficient (Wildman–Crippen LogP) is -0.562. The molecule has 0 aliphatic heterocycles. The van der Waals surface area contributed by atoms with Crippen molar-refractivity contribution in [2.45, 2.75) is 30.3 Å². The molecular formula is C13H18FN3O4S. The second kappa shape index (κ2) is 7.32. The SMILES string of the molecule is CS(=O)(=O)c1ccc(CNC(=O)[C@@H](N)CCC(N)=O)cc1F. The Hall–Kier alpha value is -2.00. The predicted molar refractivity (Wildman–Crippen MR) is 77.8 cm³/mol. The number of hydrogen-bond acceptors (Lipinski definition) is 5. The first-order chi connectivity index (χ1) is 10.1. The Balaban J connectivity index is 2.63. The minimum atomic E-state index is -3.64. The average Bonchev–Trinajstić information content (AvgIpc) is 2.40. The van der Waals surface area contributed by atoms with Crippen LogP contribution in [0.2, 0.25) is 0 Å². The molecule has 0 unspecified atom stereocenters. The van der Waals surface area contributed by atoms with Crippen molar-refractivity contribution in [2.24, 2.45) is 11.5 Å². The molecule has 0 bridgehead atoms. The molecule has 0 aromatic heterocycles. The Bertz CT molecular complexity index is 676. The zero-order valence-corrected chi connectivity index (χ0v) is 12.8. The highest BCUT2D eigenvalue weighted by Crippen LogP contribution is 2.15. The third-order valence-electron chi connectivity index (χ3n) is 2.90. The van der Waals surface area contributed by atoms with E-state index < -0.39 is 38.4 Å². The smallest absolute Gasteiger partial charge is 0.237 e. The number of nitrogens with two attached hydrogens (primary N) is 2. The molecule has 1 rings (SSSR count). The van der Waals surface area contributed by atoms with Crippen molar-refractivity contribution in [3.05, 3.63) is 29.6 Å². The highest BCUT2D eigenvalue weighted by atomic mass is 32.2. The monoisotopic (exact) mass is 331 g/mol. The number of nitrogens with one attached hydrogen (secondary N) is 1. The standard InChI is InChI=1S/C13H18FN3O4S/c1-22(20,21)11-4-2-8(6-9(11)14)7-17-13(19)10(15)3-5-12(16)18/h2,4,6,10H,3,5,7,15H2,1H3,(H2,16,18)(H,17,19)/t10-/m0/s1. The van der Waals surface area contributed by atoms with Crippen molar-refractivity contribution in [3.8, 4) is 0 Å². The lowest BCUT2D eigenvalue weighted by Crippen LogP contribution is -2.40. The molecule has 0 spiro atoms. The van der Waals surface area contributed by atoms with Gasteiger partial charge in [-0.3, -0.25) is 9.59 Å². The molecule has 0 aliphatic rings. The molecule has 5 N–H and O–H groups in total. The van der Waals surface area contributed by atoms with Crippen LogP contribution in [0.1, 0.15) is 18.4 Å². The van der Waals surface area contributed by atoms with Gasteiger partial charge in [0.1, 0.15) is 10.7 Å². The summed E-state index contributed by atoms with van der Waals surface area (Å²) in [5.41, 5.74) is 10.9. The Kier molecular flexibility index (Phi) is 6.01. The van der Waals surface area contributed by atoms with Gasteiger partial charge < -0.3 is 16.8 Å². The zero-order valence-electron chi connectivity index (χ0n) is 12.0. The maximum absolute atomic E-state index is 13.7. The molecule has 0 radical (unpaired) electrons. The third kappa shape index (κ3) is 5.41. The van der Waals surface area contributed by atoms with Gasteiger partial charge in [0.25, 0.3) is 0 Å². The lowest BCUT2D eigenvalue weighted by molar-refractivity contribution is -0.123. The van der Waals surface area contributed by atoms with Crippen LogP contribution in [0.3, 0.4) is 0 Å². The molecule has 0 fully saturated rings. The number of primary amides is 1. The summed E-state index contributed by atoms with van der Waals surface area (Å²) in [6.45, 7) is -0.00985. The minimum absolute atomic E-state index is 0.00767. The van der Waals surface area contributed by atoms with E-state index in [2.05, 4.69) is 5.32 Å². The number of halogens is 1. The van der Waals surface area contributed by atoms with E-state index in [1.54, 1.807) is 0 Å². The summed E-state index contributed by atoms with van der Waals surface area (Å²) in [6.07, 6.45) is 1.01. The average molecular weight is 331 g/mol. The first-order valence-electron chi connectivity index (χ1n) is 6.41. The fourth-order valence-electron chi connectivity index (χ4n) is 1.70. The van der Waals surface area contributed by atoms with Crippen LogP contribution in [0, 0.1) is 5.82 Å². The lowest BCUT2D eigenvalue weighted by Gasteiger charge is -2.12. The number of benzene rings is 1. The molecule has 122 valence electrons. The quantitative estimate of drug-likeness (QED) is 0.616. The Labute approximate surface area is 127 Å². The van der Waals surface area contributed by atoms with E-state index in [1.807, 2.05) is 0 Å². The van der Waals surface area contributed by atoms with Crippen LogP contribution in [0.25, 0.3) is 0 Å². The van der Waals surface area contributed by atoms with Gasteiger partial charge in [0, 0.05) is 19.2 Å². The van der Waals surface area contributed by atoms with Crippen LogP contribution in [-0.4, -0.2) is 32.5 Å². The zero-order chi connectivity index (χ0) is 16.9. The molecule has 1 aromatic rings. The second-order valence-corrected chi connectivity index (χ2v) is 6.85. The highest BCUT2D eigenvalue weighted by Gasteiger charge is 2.16. The van der Waals surface area contributed by atoms with Gasteiger partial charge in [-0.2, -0.15) is 0 Å². The summed E-state index contributed by atoms with van der Waals surface area (Å²) >= 11 is 0. The largest absolute Gasteiger partial charge is 0.370 e. The fourth-order valence-corrected chi connectivity index (χ4v) is 2.43. The molecule has 0 heterocycles. The summed E-state index contributed by atoms with van der Waals surface area (Å²) in [5.74, 6) is -1.94. The van der Waals surface area contributed by atoms with Gasteiger partial charge in [-0.1, -0.05) is 6.07 Å². The summed E-state index contributed by atoms with van der Waals surface area (Å²) in [4.78, 5) is 21.9. The maximum Gasteiger partial charge on any atom is 0.237 e. The molecular weight excluding hydrogens is 313 g/mol. The van der Waals surface area contributed by atoms with E-state index in [0.29, 0.717) is 5.56 Å². The van der Waals surface area contributed by atoms with E-state index in [-0.39, 0.29) is 19.4 Å². The van der Waals surface area contributed by atoms with Crippen molar-refractivity contribution in [1.82, 2.24) is 5.32 Å². The van der Waals surface area contributed by atoms with E-state index in [1.165, 1.54) is 6.07 Å². The van der Waals surface area contributed by atoms with E-state index in [0.717, 1.165) is 18.4 Å². The summed E-state index contributed by atoms with van der Waals surface area (Å²) in [7, 11) is -3.64. The Morgan fingerprint density at radius 1 is 1.36 bits per heavy atom. The van der Waals surface area contributed by atoms with E-state index >= 15 is 0 Å². The summed E-state index contributed by atoms with van der Waals surface area (Å²) < 4.78 is 36.2. The molecule has 9 heteroatoms. The first kappa shape index (κ1) is 18.1. The van der Waals surface area contributed by atoms with Crippen LogP contribution in [0.4, 0.5) is 4.39 Å². The van der Waals surface area contributed by atoms with Gasteiger partial charge in [0.15, 0.2) is 9.84 Å². The molecule has 1 atom stereocenters. The summed E-state index contributed by atoms with van der Waals surface area (Å²) in [6, 6.07) is 2.67. The van der Waals surface area contributed by atoms with Gasteiger partial charge in [-0.25, -0.2) is 12.8 Å². The van der Waals surface area contributed by atoms with Crippen LogP contribution in [-0.2, 0) is 26.0 Å². The van der Waals surface area contributed by atoms with Crippen molar-refractivity contribution in [3.63, 3.8) is 0 Å². The highest BCUT2D eigenvalue weighted by molar-refractivity contribution is 7.90.